The second-order valence-corrected chi connectivity index (χ2v) is 5.14. The number of Topliss-reactive ketones (excluding diaryl/α,β-unsaturated/α-hetero) is 1. The Morgan fingerprint density at radius 1 is 0.957 bits per heavy atom. The number of aryl methyl sites for hydroxylation is 1. The molecule has 23 heavy (non-hydrogen) atoms. The van der Waals surface area contributed by atoms with Gasteiger partial charge in [-0.2, -0.15) is 0 Å². The van der Waals surface area contributed by atoms with Gasteiger partial charge in [0.1, 0.15) is 12.2 Å². The molecule has 1 amide bonds. The lowest BCUT2D eigenvalue weighted by Gasteiger charge is -2.21. The Morgan fingerprint density at radius 3 is 2.13 bits per heavy atom. The molecule has 0 N–H and O–H groups in total. The molecule has 0 unspecified atom stereocenters. The molecule has 0 aliphatic heterocycles. The van der Waals surface area contributed by atoms with Crippen LogP contribution in [0.15, 0.2) is 54.6 Å². The van der Waals surface area contributed by atoms with E-state index in [2.05, 4.69) is 0 Å². The first-order chi connectivity index (χ1) is 11.0. The molecule has 0 atom stereocenters. The molecule has 0 saturated carbocycles. The van der Waals surface area contributed by atoms with E-state index < -0.39 is 11.9 Å². The Kier molecular flexibility index (Phi) is 5.25. The van der Waals surface area contributed by atoms with Crippen molar-refractivity contribution in [2.45, 2.75) is 20.3 Å². The maximum absolute atomic E-state index is 12.6. The van der Waals surface area contributed by atoms with Gasteiger partial charge in [0, 0.05) is 5.56 Å². The molecule has 0 fully saturated rings. The van der Waals surface area contributed by atoms with Gasteiger partial charge in [0.05, 0.1) is 5.69 Å². The third kappa shape index (κ3) is 4.51. The van der Waals surface area contributed by atoms with E-state index in [9.17, 15) is 14.4 Å². The summed E-state index contributed by atoms with van der Waals surface area (Å²) in [5.74, 6) is -1.58. The number of hydrogen-bond acceptors (Lipinski definition) is 4. The monoisotopic (exact) mass is 311 g/mol. The topological polar surface area (TPSA) is 63.7 Å². The van der Waals surface area contributed by atoms with Crippen LogP contribution in [-0.2, 0) is 14.4 Å². The summed E-state index contributed by atoms with van der Waals surface area (Å²) in [6.07, 6.45) is -0.384. The van der Waals surface area contributed by atoms with Gasteiger partial charge < -0.3 is 4.84 Å². The highest BCUT2D eigenvalue weighted by molar-refractivity contribution is 6.06. The largest absolute Gasteiger partial charge is 0.340 e. The summed E-state index contributed by atoms with van der Waals surface area (Å²) in [6, 6.07) is 15.4. The number of carbonyl (C=O) groups excluding carboxylic acids is 3. The zero-order valence-corrected chi connectivity index (χ0v) is 13.0. The molecule has 0 aliphatic carbocycles. The highest BCUT2D eigenvalue weighted by Crippen LogP contribution is 2.19. The number of hydrogen-bond donors (Lipinski definition) is 0. The minimum Gasteiger partial charge on any atom is -0.332 e. The van der Waals surface area contributed by atoms with Gasteiger partial charge in [0.15, 0.2) is 0 Å². The Balaban J connectivity index is 2.31. The minimum atomic E-state index is -0.776. The van der Waals surface area contributed by atoms with Gasteiger partial charge in [-0.05, 0) is 38.1 Å². The number of carbonyl (C=O) groups is 3. The Bertz CT molecular complexity index is 708. The fourth-order valence-corrected chi connectivity index (χ4v) is 1.93. The Morgan fingerprint density at radius 2 is 1.57 bits per heavy atom. The van der Waals surface area contributed by atoms with Crippen LogP contribution in [-0.4, -0.2) is 17.7 Å². The van der Waals surface area contributed by atoms with Crippen molar-refractivity contribution in [1.82, 2.24) is 0 Å². The summed E-state index contributed by atoms with van der Waals surface area (Å²) in [6.45, 7) is 3.20. The third-order valence-electron chi connectivity index (χ3n) is 3.06. The molecular formula is C18H17NO4. The first-order valence-electron chi connectivity index (χ1n) is 7.14. The van der Waals surface area contributed by atoms with Crippen LogP contribution in [0.5, 0.6) is 0 Å². The van der Waals surface area contributed by atoms with E-state index in [1.54, 1.807) is 54.6 Å². The van der Waals surface area contributed by atoms with E-state index in [0.717, 1.165) is 10.6 Å². The molecule has 5 heteroatoms. The number of rotatable bonds is 4. The van der Waals surface area contributed by atoms with Crippen molar-refractivity contribution in [3.8, 4) is 0 Å². The van der Waals surface area contributed by atoms with Crippen LogP contribution < -0.4 is 5.06 Å². The second-order valence-electron chi connectivity index (χ2n) is 5.14. The van der Waals surface area contributed by atoms with Crippen LogP contribution >= 0.6 is 0 Å². The van der Waals surface area contributed by atoms with Crippen molar-refractivity contribution in [3.05, 3.63) is 65.7 Å². The van der Waals surface area contributed by atoms with Crippen molar-refractivity contribution < 1.29 is 19.2 Å². The molecule has 0 bridgehead atoms. The standard InChI is InChI=1S/C18H17NO4/c1-13-8-10-16(11-9-13)19(23-17(21)12-14(2)20)18(22)15-6-4-3-5-7-15/h3-11H,12H2,1-2H3. The van der Waals surface area contributed by atoms with E-state index in [1.807, 2.05) is 6.92 Å². The summed E-state index contributed by atoms with van der Waals surface area (Å²) in [7, 11) is 0. The molecule has 2 aromatic carbocycles. The SMILES string of the molecule is CC(=O)CC(=O)ON(C(=O)c1ccccc1)c1ccc(C)cc1. The lowest BCUT2D eigenvalue weighted by atomic mass is 10.2. The molecule has 0 radical (unpaired) electrons. The Labute approximate surface area is 134 Å². The molecule has 0 aliphatic rings. The zero-order chi connectivity index (χ0) is 16.8. The van der Waals surface area contributed by atoms with Crippen LogP contribution in [0.25, 0.3) is 0 Å². The van der Waals surface area contributed by atoms with Crippen LogP contribution in [0.4, 0.5) is 5.69 Å². The van der Waals surface area contributed by atoms with Gasteiger partial charge in [0.25, 0.3) is 5.91 Å². The van der Waals surface area contributed by atoms with Gasteiger partial charge in [-0.3, -0.25) is 9.59 Å². The summed E-state index contributed by atoms with van der Waals surface area (Å²) in [4.78, 5) is 40.6. The van der Waals surface area contributed by atoms with E-state index in [0.29, 0.717) is 11.3 Å². The quantitative estimate of drug-likeness (QED) is 0.643. The molecule has 0 spiro atoms. The van der Waals surface area contributed by atoms with Crippen molar-refractivity contribution in [3.63, 3.8) is 0 Å². The molecule has 0 heterocycles. The van der Waals surface area contributed by atoms with Gasteiger partial charge in [-0.25, -0.2) is 4.79 Å². The fraction of sp³-hybridized carbons (Fsp3) is 0.167. The van der Waals surface area contributed by atoms with Crippen LogP contribution in [0.1, 0.15) is 29.3 Å². The average Bonchev–Trinajstić information content (AvgIpc) is 2.53. The highest BCUT2D eigenvalue weighted by atomic mass is 16.7. The minimum absolute atomic E-state index is 0.328. The first-order valence-corrected chi connectivity index (χ1v) is 7.14. The summed E-state index contributed by atoms with van der Waals surface area (Å²) in [5, 5.41) is 0.917. The number of ketones is 1. The molecule has 2 aromatic rings. The van der Waals surface area contributed by atoms with Gasteiger partial charge >= 0.3 is 5.97 Å². The van der Waals surface area contributed by atoms with Crippen molar-refractivity contribution in [1.29, 1.82) is 0 Å². The van der Waals surface area contributed by atoms with Crippen molar-refractivity contribution >= 4 is 23.3 Å². The molecular weight excluding hydrogens is 294 g/mol. The molecule has 5 nitrogen and oxygen atoms in total. The van der Waals surface area contributed by atoms with Crippen molar-refractivity contribution in [2.75, 3.05) is 5.06 Å². The van der Waals surface area contributed by atoms with E-state index >= 15 is 0 Å². The zero-order valence-electron chi connectivity index (χ0n) is 13.0. The molecule has 0 saturated heterocycles. The van der Waals surface area contributed by atoms with Crippen LogP contribution in [0.2, 0.25) is 0 Å². The van der Waals surface area contributed by atoms with E-state index in [1.165, 1.54) is 6.92 Å². The third-order valence-corrected chi connectivity index (χ3v) is 3.06. The Hall–Kier alpha value is -2.95. The molecule has 2 rings (SSSR count). The predicted molar refractivity (Wildman–Crippen MR) is 85.8 cm³/mol. The van der Waals surface area contributed by atoms with Gasteiger partial charge in [-0.15, -0.1) is 5.06 Å². The number of hydroxylamine groups is 1. The smallest absolute Gasteiger partial charge is 0.332 e. The normalized spacial score (nSPS) is 10.0. The number of nitrogens with zero attached hydrogens (tertiary/aromatic N) is 1. The number of anilines is 1. The van der Waals surface area contributed by atoms with Crippen LogP contribution in [0, 0.1) is 6.92 Å². The molecule has 0 aromatic heterocycles. The van der Waals surface area contributed by atoms with Crippen molar-refractivity contribution in [2.24, 2.45) is 0 Å². The summed E-state index contributed by atoms with van der Waals surface area (Å²) in [5.41, 5.74) is 1.81. The van der Waals surface area contributed by atoms with E-state index in [-0.39, 0.29) is 12.2 Å². The summed E-state index contributed by atoms with van der Waals surface area (Å²) >= 11 is 0. The average molecular weight is 311 g/mol. The van der Waals surface area contributed by atoms with Crippen LogP contribution in [0.3, 0.4) is 0 Å². The maximum atomic E-state index is 12.6. The fourth-order valence-electron chi connectivity index (χ4n) is 1.93. The number of amides is 1. The predicted octanol–water partition coefficient (Wildman–Crippen LogP) is 3.08. The van der Waals surface area contributed by atoms with Gasteiger partial charge in [-0.1, -0.05) is 35.9 Å². The second kappa shape index (κ2) is 7.35. The highest BCUT2D eigenvalue weighted by Gasteiger charge is 2.23. The summed E-state index contributed by atoms with van der Waals surface area (Å²) < 4.78 is 0. The van der Waals surface area contributed by atoms with Gasteiger partial charge in [0.2, 0.25) is 0 Å². The lowest BCUT2D eigenvalue weighted by Crippen LogP contribution is -2.34. The molecule has 118 valence electrons. The maximum Gasteiger partial charge on any atom is 0.340 e. The first kappa shape index (κ1) is 16.4. The lowest BCUT2D eigenvalue weighted by molar-refractivity contribution is -0.146. The van der Waals surface area contributed by atoms with E-state index in [4.69, 9.17) is 4.84 Å². The number of benzene rings is 2.